The Balaban J connectivity index is 1.58. The lowest BCUT2D eigenvalue weighted by molar-refractivity contribution is -0.384. The molecule has 1 aromatic carbocycles. The van der Waals surface area contributed by atoms with Crippen LogP contribution in [0, 0.1) is 21.4 Å². The molecule has 1 aliphatic carbocycles. The van der Waals surface area contributed by atoms with Crippen LogP contribution in [0.1, 0.15) is 44.1 Å². The van der Waals surface area contributed by atoms with Gasteiger partial charge in [-0.05, 0) is 48.3 Å². The van der Waals surface area contributed by atoms with Gasteiger partial charge in [0.25, 0.3) is 5.69 Å². The fraction of sp³-hybridized carbons (Fsp3) is 0.409. The Hall–Kier alpha value is -2.87. The van der Waals surface area contributed by atoms with Crippen molar-refractivity contribution >= 4 is 32.9 Å². The molecule has 8 heteroatoms. The summed E-state index contributed by atoms with van der Waals surface area (Å²) in [6, 6.07) is 6.35. The molecule has 0 aliphatic heterocycles. The quantitative estimate of drug-likeness (QED) is 0.323. The van der Waals surface area contributed by atoms with E-state index in [1.165, 1.54) is 35.4 Å². The lowest BCUT2D eigenvalue weighted by Crippen LogP contribution is -2.28. The number of rotatable bonds is 4. The number of aromatic nitrogens is 4. The van der Waals surface area contributed by atoms with Crippen molar-refractivity contribution in [3.05, 3.63) is 51.1 Å². The molecule has 3 heterocycles. The Bertz CT molecular complexity index is 1270. The summed E-state index contributed by atoms with van der Waals surface area (Å²) in [5, 5.41) is 16.6. The van der Waals surface area contributed by atoms with Gasteiger partial charge in [0.2, 0.25) is 0 Å². The van der Waals surface area contributed by atoms with Crippen molar-refractivity contribution < 1.29 is 4.92 Å². The van der Waals surface area contributed by atoms with Crippen molar-refractivity contribution in [2.75, 3.05) is 0 Å². The first-order valence-corrected chi connectivity index (χ1v) is 11.1. The average molecular weight is 422 g/mol. The standard InChI is InChI=1S/C22H23N5O2S/c1-4-22(2,3)14-7-10-16-17(11-14)30-21-18(16)20-24-19(25-26(20)12-23-21)13-5-8-15(9-6-13)27(28)29/h5-6,8-9,12,14H,4,7,10-11H2,1-3H3. The van der Waals surface area contributed by atoms with Crippen molar-refractivity contribution in [2.24, 2.45) is 11.3 Å². The number of nitro benzene ring substituents is 1. The largest absolute Gasteiger partial charge is 0.269 e. The van der Waals surface area contributed by atoms with Crippen LogP contribution in [0.4, 0.5) is 5.69 Å². The Morgan fingerprint density at radius 3 is 2.77 bits per heavy atom. The van der Waals surface area contributed by atoms with Gasteiger partial charge in [0.05, 0.1) is 10.3 Å². The number of aryl methyl sites for hydroxylation is 1. The third kappa shape index (κ3) is 2.98. The van der Waals surface area contributed by atoms with Crippen molar-refractivity contribution in [1.29, 1.82) is 0 Å². The highest BCUT2D eigenvalue weighted by atomic mass is 32.1. The van der Waals surface area contributed by atoms with Gasteiger partial charge in [0.1, 0.15) is 11.2 Å². The number of thiophene rings is 1. The van der Waals surface area contributed by atoms with Crippen LogP contribution in [-0.2, 0) is 12.8 Å². The summed E-state index contributed by atoms with van der Waals surface area (Å²) in [5.74, 6) is 1.24. The minimum absolute atomic E-state index is 0.0584. The van der Waals surface area contributed by atoms with E-state index in [9.17, 15) is 10.1 Å². The molecule has 0 radical (unpaired) electrons. The normalized spacial score (nSPS) is 16.8. The zero-order valence-electron chi connectivity index (χ0n) is 17.3. The van der Waals surface area contributed by atoms with Gasteiger partial charge in [0.15, 0.2) is 11.5 Å². The number of hydrogen-bond acceptors (Lipinski definition) is 6. The van der Waals surface area contributed by atoms with Gasteiger partial charge < -0.3 is 0 Å². The maximum absolute atomic E-state index is 10.9. The van der Waals surface area contributed by atoms with Crippen LogP contribution < -0.4 is 0 Å². The molecule has 30 heavy (non-hydrogen) atoms. The number of hydrogen-bond donors (Lipinski definition) is 0. The van der Waals surface area contributed by atoms with Crippen molar-refractivity contribution in [1.82, 2.24) is 19.6 Å². The first kappa shape index (κ1) is 19.1. The lowest BCUT2D eigenvalue weighted by Gasteiger charge is -2.36. The number of nitrogens with zero attached hydrogens (tertiary/aromatic N) is 5. The van der Waals surface area contributed by atoms with Gasteiger partial charge in [-0.2, -0.15) is 0 Å². The van der Waals surface area contributed by atoms with Gasteiger partial charge >= 0.3 is 0 Å². The molecule has 0 amide bonds. The van der Waals surface area contributed by atoms with Crippen molar-refractivity contribution in [2.45, 2.75) is 46.5 Å². The fourth-order valence-electron chi connectivity index (χ4n) is 4.38. The number of benzene rings is 1. The van der Waals surface area contributed by atoms with Crippen LogP contribution in [0.15, 0.2) is 30.6 Å². The van der Waals surface area contributed by atoms with E-state index in [0.717, 1.165) is 34.3 Å². The molecular weight excluding hydrogens is 398 g/mol. The molecule has 4 aromatic rings. The molecular formula is C22H23N5O2S. The topological polar surface area (TPSA) is 86.2 Å². The van der Waals surface area contributed by atoms with E-state index in [1.54, 1.807) is 34.3 Å². The summed E-state index contributed by atoms with van der Waals surface area (Å²) in [7, 11) is 0. The second kappa shape index (κ2) is 6.84. The molecule has 1 unspecified atom stereocenters. The molecule has 0 saturated heterocycles. The van der Waals surface area contributed by atoms with Crippen LogP contribution in [0.25, 0.3) is 27.3 Å². The Kier molecular flexibility index (Phi) is 4.36. The highest BCUT2D eigenvalue weighted by molar-refractivity contribution is 7.19. The van der Waals surface area contributed by atoms with Gasteiger partial charge in [-0.25, -0.2) is 14.5 Å². The highest BCUT2D eigenvalue weighted by Crippen LogP contribution is 2.45. The zero-order valence-corrected chi connectivity index (χ0v) is 18.1. The van der Waals surface area contributed by atoms with E-state index in [2.05, 4.69) is 30.9 Å². The second-order valence-corrected chi connectivity index (χ2v) is 9.80. The Morgan fingerprint density at radius 1 is 1.30 bits per heavy atom. The van der Waals surface area contributed by atoms with E-state index in [4.69, 9.17) is 4.98 Å². The van der Waals surface area contributed by atoms with Crippen LogP contribution in [-0.4, -0.2) is 24.5 Å². The third-order valence-corrected chi connectivity index (χ3v) is 7.90. The molecule has 1 aliphatic rings. The average Bonchev–Trinajstić information content (AvgIpc) is 3.34. The maximum atomic E-state index is 10.9. The molecule has 0 saturated carbocycles. The van der Waals surface area contributed by atoms with E-state index >= 15 is 0 Å². The predicted molar refractivity (Wildman–Crippen MR) is 118 cm³/mol. The molecule has 0 bridgehead atoms. The van der Waals surface area contributed by atoms with Crippen LogP contribution in [0.5, 0.6) is 0 Å². The second-order valence-electron chi connectivity index (χ2n) is 8.72. The van der Waals surface area contributed by atoms with Crippen LogP contribution in [0.3, 0.4) is 0 Å². The SMILES string of the molecule is CCC(C)(C)C1CCc2c(sc3ncn4nc(-c5ccc([N+](=O)[O-])cc5)nc4c23)C1. The summed E-state index contributed by atoms with van der Waals surface area (Å²) in [6.07, 6.45) is 6.24. The lowest BCUT2D eigenvalue weighted by atomic mass is 9.70. The fourth-order valence-corrected chi connectivity index (χ4v) is 5.65. The van der Waals surface area contributed by atoms with E-state index in [1.807, 2.05) is 0 Å². The molecule has 1 atom stereocenters. The van der Waals surface area contributed by atoms with Crippen molar-refractivity contribution in [3.8, 4) is 11.4 Å². The monoisotopic (exact) mass is 421 g/mol. The Labute approximate surface area is 177 Å². The number of non-ortho nitro benzene ring substituents is 1. The van der Waals surface area contributed by atoms with Gasteiger partial charge in [-0.3, -0.25) is 10.1 Å². The van der Waals surface area contributed by atoms with Crippen molar-refractivity contribution in [3.63, 3.8) is 0 Å². The summed E-state index contributed by atoms with van der Waals surface area (Å²) in [5.41, 5.74) is 3.35. The summed E-state index contributed by atoms with van der Waals surface area (Å²) in [6.45, 7) is 7.03. The zero-order chi connectivity index (χ0) is 21.0. The molecule has 154 valence electrons. The Morgan fingerprint density at radius 2 is 2.07 bits per heavy atom. The summed E-state index contributed by atoms with van der Waals surface area (Å²) in [4.78, 5) is 22.4. The summed E-state index contributed by atoms with van der Waals surface area (Å²) >= 11 is 1.79. The van der Waals surface area contributed by atoms with E-state index in [0.29, 0.717) is 17.2 Å². The number of fused-ring (bicyclic) bond motifs is 5. The molecule has 3 aromatic heterocycles. The van der Waals surface area contributed by atoms with Gasteiger partial charge in [0, 0.05) is 22.6 Å². The van der Waals surface area contributed by atoms with E-state index < -0.39 is 4.92 Å². The van der Waals surface area contributed by atoms with E-state index in [-0.39, 0.29) is 5.69 Å². The maximum Gasteiger partial charge on any atom is 0.269 e. The predicted octanol–water partition coefficient (Wildman–Crippen LogP) is 5.46. The first-order chi connectivity index (χ1) is 14.4. The number of nitro groups is 1. The molecule has 5 rings (SSSR count). The molecule has 0 spiro atoms. The van der Waals surface area contributed by atoms with Crippen LogP contribution >= 0.6 is 11.3 Å². The third-order valence-electron chi connectivity index (χ3n) is 6.74. The van der Waals surface area contributed by atoms with Crippen LogP contribution in [0.2, 0.25) is 0 Å². The smallest absolute Gasteiger partial charge is 0.258 e. The molecule has 0 fully saturated rings. The minimum Gasteiger partial charge on any atom is -0.258 e. The summed E-state index contributed by atoms with van der Waals surface area (Å²) < 4.78 is 1.73. The molecule has 7 nitrogen and oxygen atoms in total. The highest BCUT2D eigenvalue weighted by Gasteiger charge is 2.33. The minimum atomic E-state index is -0.404. The first-order valence-electron chi connectivity index (χ1n) is 10.3. The van der Waals surface area contributed by atoms with Gasteiger partial charge in [-0.15, -0.1) is 16.4 Å². The van der Waals surface area contributed by atoms with Gasteiger partial charge in [-0.1, -0.05) is 27.2 Å². The molecule has 0 N–H and O–H groups in total.